The first-order valence-electron chi connectivity index (χ1n) is 5.56. The number of ether oxygens (including phenoxy) is 1. The van der Waals surface area contributed by atoms with Crippen molar-refractivity contribution in [2.45, 2.75) is 32.9 Å². The Balaban J connectivity index is 0.00000225. The minimum Gasteiger partial charge on any atom is -0.652 e. The quantitative estimate of drug-likeness (QED) is 0.633. The van der Waals surface area contributed by atoms with Crippen molar-refractivity contribution in [3.8, 4) is 0 Å². The fourth-order valence-electron chi connectivity index (χ4n) is 1.49. The number of nitrogens with zero attached hydrogens (tertiary/aromatic N) is 1. The SMILES string of the molecule is CCOC[C@@H]([N-]C(C)C)c1ccccc1.[Li+]. The van der Waals surface area contributed by atoms with Gasteiger partial charge in [0, 0.05) is 13.2 Å². The van der Waals surface area contributed by atoms with E-state index in [4.69, 9.17) is 4.74 Å². The summed E-state index contributed by atoms with van der Waals surface area (Å²) in [7, 11) is 0. The number of rotatable bonds is 6. The Hall–Kier alpha value is -0.263. The molecule has 0 saturated carbocycles. The summed E-state index contributed by atoms with van der Waals surface area (Å²) in [5.74, 6) is 0. The van der Waals surface area contributed by atoms with Gasteiger partial charge in [-0.25, -0.2) is 0 Å². The Labute approximate surface area is 111 Å². The van der Waals surface area contributed by atoms with Gasteiger partial charge in [-0.05, 0) is 6.92 Å². The molecule has 0 fully saturated rings. The largest absolute Gasteiger partial charge is 1.00 e. The van der Waals surface area contributed by atoms with Crippen molar-refractivity contribution in [1.82, 2.24) is 0 Å². The van der Waals surface area contributed by atoms with Crippen molar-refractivity contribution >= 4 is 0 Å². The molecule has 0 aliphatic rings. The van der Waals surface area contributed by atoms with Gasteiger partial charge in [0.1, 0.15) is 0 Å². The van der Waals surface area contributed by atoms with Crippen LogP contribution in [0.15, 0.2) is 30.3 Å². The standard InChI is InChI=1S/C13H20NO.Li/c1-4-15-10-13(14-11(2)3)12-8-6-5-7-9-12;/h5-9,11,13H,4,10H2,1-3H3;/q-1;+1/t13-;/m1./s1. The van der Waals surface area contributed by atoms with Crippen molar-refractivity contribution < 1.29 is 23.6 Å². The zero-order chi connectivity index (χ0) is 11.1. The second kappa shape index (κ2) is 8.84. The Morgan fingerprint density at radius 3 is 2.31 bits per heavy atom. The summed E-state index contributed by atoms with van der Waals surface area (Å²) in [5, 5.41) is 4.66. The molecular weight excluding hydrogens is 193 g/mol. The Morgan fingerprint density at radius 1 is 1.19 bits per heavy atom. The average molecular weight is 213 g/mol. The van der Waals surface area contributed by atoms with E-state index < -0.39 is 0 Å². The molecule has 1 atom stereocenters. The Morgan fingerprint density at radius 2 is 1.81 bits per heavy atom. The maximum absolute atomic E-state index is 5.46. The van der Waals surface area contributed by atoms with Gasteiger partial charge in [-0.2, -0.15) is 0 Å². The van der Waals surface area contributed by atoms with E-state index in [1.54, 1.807) is 0 Å². The van der Waals surface area contributed by atoms with Crippen molar-refractivity contribution in [2.24, 2.45) is 0 Å². The van der Waals surface area contributed by atoms with Crippen LogP contribution in [-0.2, 0) is 4.74 Å². The molecule has 1 rings (SSSR count). The molecule has 0 unspecified atom stereocenters. The summed E-state index contributed by atoms with van der Waals surface area (Å²) in [5.41, 5.74) is 1.24. The zero-order valence-electron chi connectivity index (χ0n) is 10.8. The van der Waals surface area contributed by atoms with Crippen molar-refractivity contribution in [1.29, 1.82) is 0 Å². The molecule has 84 valence electrons. The Kier molecular flexibility index (Phi) is 8.69. The third kappa shape index (κ3) is 5.72. The van der Waals surface area contributed by atoms with E-state index in [9.17, 15) is 0 Å². The van der Waals surface area contributed by atoms with E-state index >= 15 is 0 Å². The molecule has 2 nitrogen and oxygen atoms in total. The molecule has 1 aromatic carbocycles. The van der Waals surface area contributed by atoms with Crippen LogP contribution in [0.2, 0.25) is 0 Å². The van der Waals surface area contributed by atoms with Gasteiger partial charge in [0.2, 0.25) is 0 Å². The van der Waals surface area contributed by atoms with Crippen LogP contribution in [0, 0.1) is 0 Å². The summed E-state index contributed by atoms with van der Waals surface area (Å²) in [6.45, 7) is 7.64. The molecule has 0 N–H and O–H groups in total. The zero-order valence-corrected chi connectivity index (χ0v) is 10.8. The fraction of sp³-hybridized carbons (Fsp3) is 0.538. The van der Waals surface area contributed by atoms with Crippen molar-refractivity contribution in [3.63, 3.8) is 0 Å². The van der Waals surface area contributed by atoms with Gasteiger partial charge in [0.15, 0.2) is 0 Å². The fourth-order valence-corrected chi connectivity index (χ4v) is 1.49. The molecule has 0 aliphatic heterocycles. The second-order valence-electron chi connectivity index (χ2n) is 3.83. The van der Waals surface area contributed by atoms with Gasteiger partial charge in [-0.3, -0.25) is 0 Å². The minimum absolute atomic E-state index is 0. The molecule has 0 heterocycles. The van der Waals surface area contributed by atoms with E-state index in [1.165, 1.54) is 5.56 Å². The van der Waals surface area contributed by atoms with E-state index in [2.05, 4.69) is 31.3 Å². The summed E-state index contributed by atoms with van der Waals surface area (Å²) in [6.07, 6.45) is 0. The van der Waals surface area contributed by atoms with Gasteiger partial charge in [-0.15, -0.1) is 6.04 Å². The van der Waals surface area contributed by atoms with Gasteiger partial charge in [-0.1, -0.05) is 55.8 Å². The third-order valence-electron chi connectivity index (χ3n) is 2.14. The maximum atomic E-state index is 5.46. The predicted molar refractivity (Wildman–Crippen MR) is 64.2 cm³/mol. The molecule has 3 heteroatoms. The predicted octanol–water partition coefficient (Wildman–Crippen LogP) is 0.550. The van der Waals surface area contributed by atoms with Crippen LogP contribution in [-0.4, -0.2) is 19.3 Å². The van der Waals surface area contributed by atoms with Crippen LogP contribution in [0.1, 0.15) is 32.4 Å². The first kappa shape index (κ1) is 15.7. The van der Waals surface area contributed by atoms with Crippen LogP contribution in [0.4, 0.5) is 0 Å². The molecule has 16 heavy (non-hydrogen) atoms. The van der Waals surface area contributed by atoms with Crippen LogP contribution in [0.25, 0.3) is 5.32 Å². The Bertz CT molecular complexity index is 264. The van der Waals surface area contributed by atoms with Gasteiger partial charge in [0.05, 0.1) is 0 Å². The van der Waals surface area contributed by atoms with Crippen LogP contribution < -0.4 is 18.9 Å². The summed E-state index contributed by atoms with van der Waals surface area (Å²) < 4.78 is 5.46. The number of hydrogen-bond donors (Lipinski definition) is 0. The first-order chi connectivity index (χ1) is 7.24. The van der Waals surface area contributed by atoms with Gasteiger partial charge < -0.3 is 10.1 Å². The van der Waals surface area contributed by atoms with Crippen LogP contribution >= 0.6 is 0 Å². The molecule has 0 spiro atoms. The molecular formula is C13H20LiNO. The van der Waals surface area contributed by atoms with Crippen molar-refractivity contribution in [3.05, 3.63) is 41.2 Å². The van der Waals surface area contributed by atoms with Crippen LogP contribution in [0.3, 0.4) is 0 Å². The van der Waals surface area contributed by atoms with Gasteiger partial charge in [0.25, 0.3) is 0 Å². The average Bonchev–Trinajstić information content (AvgIpc) is 2.25. The number of benzene rings is 1. The first-order valence-corrected chi connectivity index (χ1v) is 5.56. The number of hydrogen-bond acceptors (Lipinski definition) is 1. The minimum atomic E-state index is 0. The van der Waals surface area contributed by atoms with E-state index in [1.807, 2.05) is 25.1 Å². The van der Waals surface area contributed by atoms with E-state index in [-0.39, 0.29) is 24.9 Å². The molecule has 0 aliphatic carbocycles. The topological polar surface area (TPSA) is 23.3 Å². The molecule has 0 amide bonds. The van der Waals surface area contributed by atoms with E-state index in [0.29, 0.717) is 12.6 Å². The van der Waals surface area contributed by atoms with E-state index in [0.717, 1.165) is 6.61 Å². The third-order valence-corrected chi connectivity index (χ3v) is 2.14. The monoisotopic (exact) mass is 213 g/mol. The summed E-state index contributed by atoms with van der Waals surface area (Å²) >= 11 is 0. The molecule has 0 aromatic heterocycles. The summed E-state index contributed by atoms with van der Waals surface area (Å²) in [4.78, 5) is 0. The molecule has 0 bridgehead atoms. The van der Waals surface area contributed by atoms with Gasteiger partial charge >= 0.3 is 18.9 Å². The van der Waals surface area contributed by atoms with Crippen LogP contribution in [0.5, 0.6) is 0 Å². The molecule has 0 saturated heterocycles. The smallest absolute Gasteiger partial charge is 0.652 e. The second-order valence-corrected chi connectivity index (χ2v) is 3.83. The summed E-state index contributed by atoms with van der Waals surface area (Å²) in [6, 6.07) is 10.8. The maximum Gasteiger partial charge on any atom is 1.00 e. The molecule has 0 radical (unpaired) electrons. The molecule has 1 aromatic rings. The van der Waals surface area contributed by atoms with Crippen molar-refractivity contribution in [2.75, 3.05) is 13.2 Å². The normalized spacial score (nSPS) is 12.2.